The molecule has 0 saturated heterocycles. The van der Waals surface area contributed by atoms with E-state index in [1.54, 1.807) is 24.5 Å². The van der Waals surface area contributed by atoms with Gasteiger partial charge in [-0.15, -0.1) is 0 Å². The van der Waals surface area contributed by atoms with Gasteiger partial charge in [-0.05, 0) is 36.8 Å². The van der Waals surface area contributed by atoms with E-state index in [0.717, 1.165) is 5.56 Å². The fraction of sp³-hybridized carbons (Fsp3) is 0.0870. The predicted octanol–water partition coefficient (Wildman–Crippen LogP) is 4.45. The van der Waals surface area contributed by atoms with E-state index >= 15 is 0 Å². The summed E-state index contributed by atoms with van der Waals surface area (Å²) in [6.45, 7) is 2.71. The maximum Gasteiger partial charge on any atom is 0.336 e. The van der Waals surface area contributed by atoms with Crippen LogP contribution in [0.3, 0.4) is 0 Å². The van der Waals surface area contributed by atoms with Crippen molar-refractivity contribution < 1.29 is 9.90 Å². The van der Waals surface area contributed by atoms with E-state index in [4.69, 9.17) is 5.73 Å². The SMILES string of the molecule is Cc1ccc(CN)cc1.O=C(O)c1cc(-c2ccncc2)nc2ccccc12. The van der Waals surface area contributed by atoms with Crippen molar-refractivity contribution in [3.63, 3.8) is 0 Å². The third-order valence-electron chi connectivity index (χ3n) is 4.28. The summed E-state index contributed by atoms with van der Waals surface area (Å²) in [7, 11) is 0. The van der Waals surface area contributed by atoms with Gasteiger partial charge in [0.05, 0.1) is 16.8 Å². The van der Waals surface area contributed by atoms with Crippen LogP contribution in [0.5, 0.6) is 0 Å². The normalized spacial score (nSPS) is 10.2. The first-order valence-corrected chi connectivity index (χ1v) is 8.87. The Hall–Kier alpha value is -3.57. The van der Waals surface area contributed by atoms with Crippen LogP contribution in [0.25, 0.3) is 22.2 Å². The largest absolute Gasteiger partial charge is 0.478 e. The van der Waals surface area contributed by atoms with E-state index in [-0.39, 0.29) is 5.56 Å². The molecule has 2 aromatic carbocycles. The lowest BCUT2D eigenvalue weighted by Crippen LogP contribution is -2.00. The van der Waals surface area contributed by atoms with Gasteiger partial charge in [0.25, 0.3) is 0 Å². The zero-order valence-corrected chi connectivity index (χ0v) is 15.5. The lowest BCUT2D eigenvalue weighted by Gasteiger charge is -2.06. The molecule has 2 aromatic heterocycles. The summed E-state index contributed by atoms with van der Waals surface area (Å²) in [5, 5.41) is 9.96. The van der Waals surface area contributed by atoms with Crippen LogP contribution >= 0.6 is 0 Å². The molecular weight excluding hydrogens is 350 g/mol. The summed E-state index contributed by atoms with van der Waals surface area (Å²) in [4.78, 5) is 19.8. The maximum absolute atomic E-state index is 11.4. The molecule has 0 aliphatic heterocycles. The lowest BCUT2D eigenvalue weighted by molar-refractivity contribution is 0.0699. The summed E-state index contributed by atoms with van der Waals surface area (Å²) in [6, 6.07) is 20.7. The van der Waals surface area contributed by atoms with Gasteiger partial charge in [-0.25, -0.2) is 9.78 Å². The van der Waals surface area contributed by atoms with Crippen molar-refractivity contribution in [2.75, 3.05) is 0 Å². The highest BCUT2D eigenvalue weighted by molar-refractivity contribution is 6.03. The second-order valence-electron chi connectivity index (χ2n) is 6.30. The second-order valence-corrected chi connectivity index (χ2v) is 6.30. The summed E-state index contributed by atoms with van der Waals surface area (Å²) < 4.78 is 0. The fourth-order valence-corrected chi connectivity index (χ4v) is 2.75. The monoisotopic (exact) mass is 371 g/mol. The number of carbonyl (C=O) groups is 1. The van der Waals surface area contributed by atoms with Crippen molar-refractivity contribution >= 4 is 16.9 Å². The molecule has 0 fully saturated rings. The van der Waals surface area contributed by atoms with Gasteiger partial charge in [0.2, 0.25) is 0 Å². The topological polar surface area (TPSA) is 89.1 Å². The quantitative estimate of drug-likeness (QED) is 0.555. The van der Waals surface area contributed by atoms with Crippen molar-refractivity contribution in [3.8, 4) is 11.3 Å². The highest BCUT2D eigenvalue weighted by Gasteiger charge is 2.12. The smallest absolute Gasteiger partial charge is 0.336 e. The standard InChI is InChI=1S/C15H10N2O2.C8H11N/c18-15(19)12-9-14(10-5-7-16-8-6-10)17-13-4-2-1-3-11(12)13;1-7-2-4-8(6-9)5-3-7/h1-9H,(H,18,19);2-5H,6,9H2,1H3. The Morgan fingerprint density at radius 3 is 2.32 bits per heavy atom. The van der Waals surface area contributed by atoms with Crippen LogP contribution in [0.4, 0.5) is 0 Å². The molecule has 28 heavy (non-hydrogen) atoms. The average molecular weight is 371 g/mol. The molecule has 4 rings (SSSR count). The summed E-state index contributed by atoms with van der Waals surface area (Å²) in [5.74, 6) is -0.950. The van der Waals surface area contributed by atoms with Crippen molar-refractivity contribution in [3.05, 3.63) is 95.8 Å². The van der Waals surface area contributed by atoms with Crippen molar-refractivity contribution in [1.82, 2.24) is 9.97 Å². The number of hydrogen-bond acceptors (Lipinski definition) is 4. The maximum atomic E-state index is 11.4. The number of para-hydroxylation sites is 1. The number of hydrogen-bond donors (Lipinski definition) is 2. The van der Waals surface area contributed by atoms with Gasteiger partial charge in [-0.2, -0.15) is 0 Å². The van der Waals surface area contributed by atoms with Crippen LogP contribution in [0.15, 0.2) is 79.1 Å². The number of nitrogens with two attached hydrogens (primary N) is 1. The van der Waals surface area contributed by atoms with Gasteiger partial charge >= 0.3 is 5.97 Å². The molecule has 0 spiro atoms. The summed E-state index contributed by atoms with van der Waals surface area (Å²) in [6.07, 6.45) is 3.32. The molecule has 5 heteroatoms. The molecule has 0 bridgehead atoms. The zero-order chi connectivity index (χ0) is 19.9. The van der Waals surface area contributed by atoms with Gasteiger partial charge in [0.1, 0.15) is 0 Å². The molecule has 0 atom stereocenters. The molecule has 5 nitrogen and oxygen atoms in total. The third kappa shape index (κ3) is 4.58. The molecule has 140 valence electrons. The van der Waals surface area contributed by atoms with Crippen molar-refractivity contribution in [1.29, 1.82) is 0 Å². The molecule has 0 aliphatic rings. The van der Waals surface area contributed by atoms with E-state index in [0.29, 0.717) is 23.1 Å². The second kappa shape index (κ2) is 8.88. The van der Waals surface area contributed by atoms with Crippen molar-refractivity contribution in [2.24, 2.45) is 5.73 Å². The number of benzene rings is 2. The highest BCUT2D eigenvalue weighted by Crippen LogP contribution is 2.24. The van der Waals surface area contributed by atoms with Gasteiger partial charge in [-0.3, -0.25) is 4.98 Å². The van der Waals surface area contributed by atoms with E-state index < -0.39 is 5.97 Å². The van der Waals surface area contributed by atoms with Gasteiger partial charge in [0.15, 0.2) is 0 Å². The Morgan fingerprint density at radius 1 is 1.00 bits per heavy atom. The Kier molecular flexibility index (Phi) is 6.09. The fourth-order valence-electron chi connectivity index (χ4n) is 2.75. The zero-order valence-electron chi connectivity index (χ0n) is 15.5. The number of carboxylic acid groups (broad SMARTS) is 1. The number of rotatable bonds is 3. The summed E-state index contributed by atoms with van der Waals surface area (Å²) in [5.41, 5.74) is 10.3. The number of aryl methyl sites for hydroxylation is 1. The third-order valence-corrected chi connectivity index (χ3v) is 4.28. The molecular formula is C23H21N3O2. The van der Waals surface area contributed by atoms with Crippen LogP contribution in [-0.2, 0) is 6.54 Å². The van der Waals surface area contributed by atoms with E-state index in [1.807, 2.05) is 30.3 Å². The first-order valence-electron chi connectivity index (χ1n) is 8.87. The number of aromatic nitrogens is 2. The van der Waals surface area contributed by atoms with Crippen LogP contribution in [-0.4, -0.2) is 21.0 Å². The number of nitrogens with zero attached hydrogens (tertiary/aromatic N) is 2. The minimum absolute atomic E-state index is 0.261. The number of aromatic carboxylic acids is 1. The first kappa shape index (κ1) is 19.2. The molecule has 0 aliphatic carbocycles. The molecule has 0 radical (unpaired) electrons. The molecule has 2 heterocycles. The first-order chi connectivity index (χ1) is 13.6. The Labute approximate surface area is 163 Å². The van der Waals surface area contributed by atoms with Crippen LogP contribution in [0.2, 0.25) is 0 Å². The number of carboxylic acids is 1. The number of fused-ring (bicyclic) bond motifs is 1. The van der Waals surface area contributed by atoms with Gasteiger partial charge in [0, 0.05) is 29.9 Å². The van der Waals surface area contributed by atoms with Crippen molar-refractivity contribution in [2.45, 2.75) is 13.5 Å². The van der Waals surface area contributed by atoms with Gasteiger partial charge in [-0.1, -0.05) is 48.0 Å². The average Bonchev–Trinajstić information content (AvgIpc) is 2.74. The Morgan fingerprint density at radius 2 is 1.68 bits per heavy atom. The van der Waals surface area contributed by atoms with Gasteiger partial charge < -0.3 is 10.8 Å². The molecule has 0 amide bonds. The minimum Gasteiger partial charge on any atom is -0.478 e. The lowest BCUT2D eigenvalue weighted by atomic mass is 10.0. The minimum atomic E-state index is -0.950. The number of pyridine rings is 2. The van der Waals surface area contributed by atoms with E-state index in [1.165, 1.54) is 11.1 Å². The van der Waals surface area contributed by atoms with Crippen LogP contribution < -0.4 is 5.73 Å². The van der Waals surface area contributed by atoms with E-state index in [2.05, 4.69) is 41.2 Å². The van der Waals surface area contributed by atoms with Crippen LogP contribution in [0, 0.1) is 6.92 Å². The molecule has 4 aromatic rings. The van der Waals surface area contributed by atoms with E-state index in [9.17, 15) is 9.90 Å². The highest BCUT2D eigenvalue weighted by atomic mass is 16.4. The van der Waals surface area contributed by atoms with Crippen LogP contribution in [0.1, 0.15) is 21.5 Å². The molecule has 0 saturated carbocycles. The predicted molar refractivity (Wildman–Crippen MR) is 111 cm³/mol. The molecule has 3 N–H and O–H groups in total. The molecule has 0 unspecified atom stereocenters. The Balaban J connectivity index is 0.000000211. The summed E-state index contributed by atoms with van der Waals surface area (Å²) >= 11 is 0. The Bertz CT molecular complexity index is 1080.